The molecule has 0 atom stereocenters. The van der Waals surface area contributed by atoms with Crippen LogP contribution in [0.4, 0.5) is 17.1 Å². The first kappa shape index (κ1) is 40.8. The molecule has 0 aliphatic heterocycles. The van der Waals surface area contributed by atoms with Crippen molar-refractivity contribution in [2.24, 2.45) is 0 Å². The SMILES string of the molecule is CC1(C)c2ccccc2-c2c(N(c3ccc(-c4cccc5c4-c4ccccc4C5(c4ccccc4)c4ccccc4)cc3)c3cc4ccccc4c4c3-c3ccccc3C4(C)C)cc3ccccc3c21. The van der Waals surface area contributed by atoms with Gasteiger partial charge >= 0.3 is 0 Å². The standard InChI is InChI=1S/C69H51N/c1-67(2)56-34-18-15-30-53(56)63-60(42-45-22-11-13-28-51(45)65(63)67)70(61-43-46-23-12-14-29-52(46)66-64(61)54-31-16-19-35-57(54)68(66,3)4)49-40-38-44(39-41-49)50-33-21-37-59-62(50)55-32-17-20-36-58(55)69(59,47-24-7-5-8-25-47)48-26-9-6-10-27-48/h5-43H,1-4H3. The van der Waals surface area contributed by atoms with E-state index in [0.29, 0.717) is 0 Å². The lowest BCUT2D eigenvalue weighted by Crippen LogP contribution is -2.28. The number of hydrogen-bond acceptors (Lipinski definition) is 1. The van der Waals surface area contributed by atoms with Crippen molar-refractivity contribution in [3.63, 3.8) is 0 Å². The summed E-state index contributed by atoms with van der Waals surface area (Å²) in [6, 6.07) is 89.1. The number of anilines is 3. The smallest absolute Gasteiger partial charge is 0.0713 e. The molecule has 0 unspecified atom stereocenters. The largest absolute Gasteiger partial charge is 0.309 e. The quantitative estimate of drug-likeness (QED) is 0.161. The molecule has 0 spiro atoms. The van der Waals surface area contributed by atoms with Gasteiger partial charge in [0.05, 0.1) is 16.8 Å². The van der Waals surface area contributed by atoms with Crippen molar-refractivity contribution in [1.29, 1.82) is 0 Å². The summed E-state index contributed by atoms with van der Waals surface area (Å²) < 4.78 is 0. The van der Waals surface area contributed by atoms with Gasteiger partial charge in [0, 0.05) is 27.6 Å². The molecule has 0 radical (unpaired) electrons. The summed E-state index contributed by atoms with van der Waals surface area (Å²) >= 11 is 0. The highest BCUT2D eigenvalue weighted by Gasteiger charge is 2.47. The van der Waals surface area contributed by atoms with E-state index in [2.05, 4.69) is 269 Å². The molecule has 332 valence electrons. The molecule has 11 aromatic carbocycles. The van der Waals surface area contributed by atoms with Gasteiger partial charge in [-0.05, 0) is 124 Å². The second-order valence-electron chi connectivity index (χ2n) is 20.7. The maximum atomic E-state index is 2.62. The van der Waals surface area contributed by atoms with Crippen LogP contribution in [0.5, 0.6) is 0 Å². The van der Waals surface area contributed by atoms with Gasteiger partial charge < -0.3 is 4.90 Å². The van der Waals surface area contributed by atoms with Gasteiger partial charge in [0.2, 0.25) is 0 Å². The molecular formula is C69H51N. The van der Waals surface area contributed by atoms with Crippen LogP contribution in [0.25, 0.3) is 66.1 Å². The molecule has 70 heavy (non-hydrogen) atoms. The minimum absolute atomic E-state index is 0.213. The van der Waals surface area contributed by atoms with Gasteiger partial charge in [-0.1, -0.05) is 240 Å². The first-order chi connectivity index (χ1) is 34.3. The van der Waals surface area contributed by atoms with Crippen LogP contribution in [0.1, 0.15) is 72.2 Å². The molecule has 1 nitrogen and oxygen atoms in total. The molecule has 1 heteroatoms. The van der Waals surface area contributed by atoms with Gasteiger partial charge in [0.25, 0.3) is 0 Å². The van der Waals surface area contributed by atoms with Crippen LogP contribution < -0.4 is 4.90 Å². The van der Waals surface area contributed by atoms with Gasteiger partial charge in [-0.2, -0.15) is 0 Å². The predicted octanol–water partition coefficient (Wildman–Crippen LogP) is 18.1. The highest BCUT2D eigenvalue weighted by Crippen LogP contribution is 2.62. The van der Waals surface area contributed by atoms with E-state index in [-0.39, 0.29) is 10.8 Å². The van der Waals surface area contributed by atoms with E-state index in [1.165, 1.54) is 122 Å². The third-order valence-corrected chi connectivity index (χ3v) is 16.4. The van der Waals surface area contributed by atoms with Crippen molar-refractivity contribution in [3.8, 4) is 44.5 Å². The lowest BCUT2D eigenvalue weighted by atomic mass is 9.67. The Bertz CT molecular complexity index is 3740. The minimum atomic E-state index is -0.470. The highest BCUT2D eigenvalue weighted by molar-refractivity contribution is 6.10. The lowest BCUT2D eigenvalue weighted by molar-refractivity contribution is 0.666. The lowest BCUT2D eigenvalue weighted by Gasteiger charge is -2.34. The topological polar surface area (TPSA) is 3.24 Å². The second kappa shape index (κ2) is 14.9. The molecule has 0 aromatic heterocycles. The molecule has 0 saturated carbocycles. The fourth-order valence-corrected chi connectivity index (χ4v) is 13.6. The van der Waals surface area contributed by atoms with E-state index < -0.39 is 5.41 Å². The Hall–Kier alpha value is -8.26. The zero-order valence-electron chi connectivity index (χ0n) is 40.0. The summed E-state index contributed by atoms with van der Waals surface area (Å²) in [6.07, 6.45) is 0. The fourth-order valence-electron chi connectivity index (χ4n) is 13.6. The first-order valence-electron chi connectivity index (χ1n) is 24.8. The average molecular weight is 894 g/mol. The zero-order chi connectivity index (χ0) is 46.9. The number of fused-ring (bicyclic) bond motifs is 13. The number of benzene rings is 11. The van der Waals surface area contributed by atoms with Crippen LogP contribution >= 0.6 is 0 Å². The van der Waals surface area contributed by atoms with Gasteiger partial charge in [-0.15, -0.1) is 0 Å². The van der Waals surface area contributed by atoms with Crippen molar-refractivity contribution < 1.29 is 0 Å². The third-order valence-electron chi connectivity index (χ3n) is 16.4. The Morgan fingerprint density at radius 2 is 0.714 bits per heavy atom. The number of hydrogen-bond donors (Lipinski definition) is 0. The maximum absolute atomic E-state index is 2.62. The van der Waals surface area contributed by atoms with Crippen molar-refractivity contribution in [2.45, 2.75) is 43.9 Å². The van der Waals surface area contributed by atoms with E-state index in [1.807, 2.05) is 0 Å². The van der Waals surface area contributed by atoms with E-state index in [4.69, 9.17) is 0 Å². The number of rotatable bonds is 6. The van der Waals surface area contributed by atoms with Crippen LogP contribution in [-0.2, 0) is 16.2 Å². The van der Waals surface area contributed by atoms with Gasteiger partial charge in [-0.25, -0.2) is 0 Å². The van der Waals surface area contributed by atoms with Gasteiger partial charge in [0.1, 0.15) is 0 Å². The Balaban J connectivity index is 1.05. The summed E-state index contributed by atoms with van der Waals surface area (Å²) in [4.78, 5) is 2.62. The second-order valence-corrected chi connectivity index (χ2v) is 20.7. The Kier molecular flexibility index (Phi) is 8.66. The third kappa shape index (κ3) is 5.44. The first-order valence-corrected chi connectivity index (χ1v) is 24.8. The zero-order valence-corrected chi connectivity index (χ0v) is 40.0. The van der Waals surface area contributed by atoms with Crippen LogP contribution in [0.2, 0.25) is 0 Å². The van der Waals surface area contributed by atoms with E-state index >= 15 is 0 Å². The molecular weight excluding hydrogens is 843 g/mol. The molecule has 0 N–H and O–H groups in total. The Morgan fingerprint density at radius 1 is 0.314 bits per heavy atom. The molecule has 11 aromatic rings. The summed E-state index contributed by atoms with van der Waals surface area (Å²) in [5.74, 6) is 0. The average Bonchev–Trinajstić information content (AvgIpc) is 3.95. The van der Waals surface area contributed by atoms with Gasteiger partial charge in [-0.3, -0.25) is 0 Å². The molecule has 3 aliphatic rings. The van der Waals surface area contributed by atoms with E-state index in [9.17, 15) is 0 Å². The van der Waals surface area contributed by atoms with Crippen molar-refractivity contribution in [1.82, 2.24) is 0 Å². The summed E-state index contributed by atoms with van der Waals surface area (Å²) in [5, 5.41) is 5.12. The van der Waals surface area contributed by atoms with Crippen LogP contribution in [0.3, 0.4) is 0 Å². The Labute approximate surface area is 411 Å². The fraction of sp³-hybridized carbons (Fsp3) is 0.101. The maximum Gasteiger partial charge on any atom is 0.0713 e. The van der Waals surface area contributed by atoms with E-state index in [1.54, 1.807) is 0 Å². The molecule has 0 fully saturated rings. The van der Waals surface area contributed by atoms with Crippen molar-refractivity contribution in [3.05, 3.63) is 281 Å². The van der Waals surface area contributed by atoms with Gasteiger partial charge in [0.15, 0.2) is 0 Å². The van der Waals surface area contributed by atoms with Crippen LogP contribution in [0, 0.1) is 0 Å². The summed E-state index contributed by atoms with van der Waals surface area (Å²) in [6.45, 7) is 9.67. The molecule has 0 bridgehead atoms. The minimum Gasteiger partial charge on any atom is -0.309 e. The van der Waals surface area contributed by atoms with Crippen molar-refractivity contribution in [2.75, 3.05) is 4.90 Å². The predicted molar refractivity (Wildman–Crippen MR) is 294 cm³/mol. The van der Waals surface area contributed by atoms with Crippen LogP contribution in [0.15, 0.2) is 237 Å². The van der Waals surface area contributed by atoms with Crippen LogP contribution in [-0.4, -0.2) is 0 Å². The normalized spacial score (nSPS) is 14.9. The Morgan fingerprint density at radius 3 is 1.23 bits per heavy atom. The molecule has 0 saturated heterocycles. The summed E-state index contributed by atoms with van der Waals surface area (Å²) in [5.41, 5.74) is 23.6. The molecule has 3 aliphatic carbocycles. The summed E-state index contributed by atoms with van der Waals surface area (Å²) in [7, 11) is 0. The van der Waals surface area contributed by atoms with Crippen molar-refractivity contribution >= 4 is 38.6 Å². The molecule has 0 heterocycles. The highest BCUT2D eigenvalue weighted by atomic mass is 15.1. The monoisotopic (exact) mass is 893 g/mol. The molecule has 0 amide bonds. The van der Waals surface area contributed by atoms with E-state index in [0.717, 1.165) is 5.69 Å². The molecule has 14 rings (SSSR count). The number of nitrogens with zero attached hydrogens (tertiary/aromatic N) is 1.